The standard InChI is InChI=1S/C14H21NOS2/c1-14(2,3)13(16)15-7-6-12(18-10-8-15)11-5-4-9-17-11/h4-5,9,12H,6-8,10H2,1-3H3/t12-/m0/s1. The Morgan fingerprint density at radius 2 is 2.17 bits per heavy atom. The zero-order valence-electron chi connectivity index (χ0n) is 11.3. The summed E-state index contributed by atoms with van der Waals surface area (Å²) in [6.45, 7) is 7.80. The van der Waals surface area contributed by atoms with Crippen molar-refractivity contribution in [1.29, 1.82) is 0 Å². The molecule has 0 radical (unpaired) electrons. The molecule has 1 aromatic heterocycles. The second-order valence-corrected chi connectivity index (χ2v) is 8.00. The molecule has 1 fully saturated rings. The first-order valence-electron chi connectivity index (χ1n) is 6.43. The van der Waals surface area contributed by atoms with Gasteiger partial charge in [0, 0.05) is 34.4 Å². The first kappa shape index (κ1) is 13.9. The molecule has 2 nitrogen and oxygen atoms in total. The van der Waals surface area contributed by atoms with Crippen molar-refractivity contribution in [2.24, 2.45) is 5.41 Å². The zero-order chi connectivity index (χ0) is 13.2. The number of rotatable bonds is 1. The lowest BCUT2D eigenvalue weighted by atomic mass is 9.94. The van der Waals surface area contributed by atoms with E-state index in [0.29, 0.717) is 5.25 Å². The maximum absolute atomic E-state index is 12.3. The normalized spacial score (nSPS) is 21.7. The van der Waals surface area contributed by atoms with Crippen LogP contribution in [-0.4, -0.2) is 29.6 Å². The van der Waals surface area contributed by atoms with Crippen molar-refractivity contribution in [1.82, 2.24) is 4.90 Å². The molecule has 1 amide bonds. The number of amides is 1. The van der Waals surface area contributed by atoms with Gasteiger partial charge in [-0.3, -0.25) is 4.79 Å². The van der Waals surface area contributed by atoms with Crippen molar-refractivity contribution >= 4 is 29.0 Å². The predicted octanol–water partition coefficient (Wildman–Crippen LogP) is 3.80. The molecule has 4 heteroatoms. The van der Waals surface area contributed by atoms with Gasteiger partial charge in [-0.05, 0) is 17.9 Å². The first-order valence-corrected chi connectivity index (χ1v) is 8.36. The van der Waals surface area contributed by atoms with E-state index >= 15 is 0 Å². The Kier molecular flexibility index (Phi) is 4.38. The number of carbonyl (C=O) groups is 1. The summed E-state index contributed by atoms with van der Waals surface area (Å²) in [5, 5.41) is 2.71. The largest absolute Gasteiger partial charge is 0.341 e. The van der Waals surface area contributed by atoms with Crippen LogP contribution >= 0.6 is 23.1 Å². The molecular formula is C14H21NOS2. The number of carbonyl (C=O) groups excluding carboxylic acids is 1. The minimum Gasteiger partial charge on any atom is -0.341 e. The summed E-state index contributed by atoms with van der Waals surface area (Å²) in [5.41, 5.74) is -0.257. The fourth-order valence-electron chi connectivity index (χ4n) is 2.15. The van der Waals surface area contributed by atoms with E-state index in [9.17, 15) is 4.79 Å². The van der Waals surface area contributed by atoms with Gasteiger partial charge in [0.15, 0.2) is 0 Å². The van der Waals surface area contributed by atoms with E-state index in [1.165, 1.54) is 4.88 Å². The molecule has 1 aliphatic heterocycles. The van der Waals surface area contributed by atoms with Crippen LogP contribution in [0.25, 0.3) is 0 Å². The SMILES string of the molecule is CC(C)(C)C(=O)N1CCS[C@H](c2cccs2)CC1. The lowest BCUT2D eigenvalue weighted by molar-refractivity contribution is -0.139. The van der Waals surface area contributed by atoms with Crippen LogP contribution in [0.1, 0.15) is 37.3 Å². The Hall–Kier alpha value is -0.480. The van der Waals surface area contributed by atoms with Gasteiger partial charge in [-0.15, -0.1) is 11.3 Å². The van der Waals surface area contributed by atoms with E-state index in [0.717, 1.165) is 25.3 Å². The molecule has 0 aliphatic carbocycles. The highest BCUT2D eigenvalue weighted by Gasteiger charge is 2.29. The smallest absolute Gasteiger partial charge is 0.227 e. The molecule has 0 saturated carbocycles. The molecule has 18 heavy (non-hydrogen) atoms. The molecule has 1 saturated heterocycles. The van der Waals surface area contributed by atoms with E-state index in [1.807, 2.05) is 48.8 Å². The number of hydrogen-bond acceptors (Lipinski definition) is 3. The van der Waals surface area contributed by atoms with Gasteiger partial charge in [-0.2, -0.15) is 11.8 Å². The average Bonchev–Trinajstić information content (AvgIpc) is 2.72. The third kappa shape index (κ3) is 3.29. The van der Waals surface area contributed by atoms with Crippen LogP contribution in [0.3, 0.4) is 0 Å². The summed E-state index contributed by atoms with van der Waals surface area (Å²) < 4.78 is 0. The van der Waals surface area contributed by atoms with Gasteiger partial charge < -0.3 is 4.90 Å². The fraction of sp³-hybridized carbons (Fsp3) is 0.643. The molecule has 0 N–H and O–H groups in total. The molecule has 2 rings (SSSR count). The molecule has 0 spiro atoms. The maximum atomic E-state index is 12.3. The molecule has 0 bridgehead atoms. The molecule has 2 heterocycles. The minimum absolute atomic E-state index is 0.257. The first-order chi connectivity index (χ1) is 8.48. The van der Waals surface area contributed by atoms with Gasteiger partial charge in [0.25, 0.3) is 0 Å². The van der Waals surface area contributed by atoms with Crippen molar-refractivity contribution in [2.75, 3.05) is 18.8 Å². The third-order valence-electron chi connectivity index (χ3n) is 3.13. The Morgan fingerprint density at radius 3 is 2.78 bits per heavy atom. The Bertz CT molecular complexity index is 394. The molecule has 0 unspecified atom stereocenters. The van der Waals surface area contributed by atoms with Gasteiger partial charge in [0.2, 0.25) is 5.91 Å². The highest BCUT2D eigenvalue weighted by molar-refractivity contribution is 7.99. The molecule has 1 aliphatic rings. The van der Waals surface area contributed by atoms with Crippen LogP contribution < -0.4 is 0 Å². The zero-order valence-corrected chi connectivity index (χ0v) is 12.9. The predicted molar refractivity (Wildman–Crippen MR) is 80.2 cm³/mol. The highest BCUT2D eigenvalue weighted by atomic mass is 32.2. The maximum Gasteiger partial charge on any atom is 0.227 e. The summed E-state index contributed by atoms with van der Waals surface area (Å²) in [5.74, 6) is 1.33. The van der Waals surface area contributed by atoms with Crippen LogP contribution in [0.2, 0.25) is 0 Å². The third-order valence-corrected chi connectivity index (χ3v) is 5.58. The quantitative estimate of drug-likeness (QED) is 0.781. The van der Waals surface area contributed by atoms with E-state index in [2.05, 4.69) is 17.5 Å². The van der Waals surface area contributed by atoms with Crippen molar-refractivity contribution < 1.29 is 4.79 Å². The van der Waals surface area contributed by atoms with Crippen LogP contribution in [0, 0.1) is 5.41 Å². The van der Waals surface area contributed by atoms with Gasteiger partial charge in [-0.25, -0.2) is 0 Å². The molecule has 0 aromatic carbocycles. The Morgan fingerprint density at radius 1 is 1.39 bits per heavy atom. The van der Waals surface area contributed by atoms with Gasteiger partial charge >= 0.3 is 0 Å². The molecular weight excluding hydrogens is 262 g/mol. The number of thioether (sulfide) groups is 1. The van der Waals surface area contributed by atoms with Crippen LogP contribution in [0.4, 0.5) is 0 Å². The second kappa shape index (κ2) is 5.66. The van der Waals surface area contributed by atoms with E-state index in [4.69, 9.17) is 0 Å². The monoisotopic (exact) mass is 283 g/mol. The summed E-state index contributed by atoms with van der Waals surface area (Å²) in [4.78, 5) is 15.8. The lowest BCUT2D eigenvalue weighted by Gasteiger charge is -2.28. The Labute approximate surface area is 118 Å². The van der Waals surface area contributed by atoms with Crippen molar-refractivity contribution in [2.45, 2.75) is 32.4 Å². The van der Waals surface area contributed by atoms with Crippen LogP contribution in [-0.2, 0) is 4.79 Å². The molecule has 1 atom stereocenters. The van der Waals surface area contributed by atoms with Gasteiger partial charge in [0.05, 0.1) is 0 Å². The van der Waals surface area contributed by atoms with E-state index in [-0.39, 0.29) is 11.3 Å². The number of nitrogens with zero attached hydrogens (tertiary/aromatic N) is 1. The second-order valence-electron chi connectivity index (χ2n) is 5.71. The topological polar surface area (TPSA) is 20.3 Å². The van der Waals surface area contributed by atoms with Crippen molar-refractivity contribution in [3.05, 3.63) is 22.4 Å². The van der Waals surface area contributed by atoms with Gasteiger partial charge in [-0.1, -0.05) is 26.8 Å². The Balaban J connectivity index is 1.99. The van der Waals surface area contributed by atoms with Crippen LogP contribution in [0.5, 0.6) is 0 Å². The lowest BCUT2D eigenvalue weighted by Crippen LogP contribution is -2.40. The summed E-state index contributed by atoms with van der Waals surface area (Å²) in [6, 6.07) is 4.33. The van der Waals surface area contributed by atoms with Crippen LogP contribution in [0.15, 0.2) is 17.5 Å². The van der Waals surface area contributed by atoms with E-state index in [1.54, 1.807) is 0 Å². The summed E-state index contributed by atoms with van der Waals surface area (Å²) >= 11 is 3.82. The van der Waals surface area contributed by atoms with Crippen molar-refractivity contribution in [3.8, 4) is 0 Å². The van der Waals surface area contributed by atoms with E-state index < -0.39 is 0 Å². The highest BCUT2D eigenvalue weighted by Crippen LogP contribution is 2.37. The molecule has 1 aromatic rings. The number of thiophene rings is 1. The van der Waals surface area contributed by atoms with Gasteiger partial charge in [0.1, 0.15) is 0 Å². The fourth-order valence-corrected chi connectivity index (χ4v) is 4.39. The molecule has 100 valence electrons. The summed E-state index contributed by atoms with van der Waals surface area (Å²) in [6.07, 6.45) is 1.08. The van der Waals surface area contributed by atoms with Crippen molar-refractivity contribution in [3.63, 3.8) is 0 Å². The average molecular weight is 283 g/mol. The number of hydrogen-bond donors (Lipinski definition) is 0. The minimum atomic E-state index is -0.257. The summed E-state index contributed by atoms with van der Waals surface area (Å²) in [7, 11) is 0.